The molecule has 0 heterocycles. The van der Waals surface area contributed by atoms with Gasteiger partial charge in [0.2, 0.25) is 0 Å². The minimum Gasteiger partial charge on any atom is -0.676 e. The van der Waals surface area contributed by atoms with Crippen molar-refractivity contribution in [2.45, 2.75) is 65.7 Å². The van der Waals surface area contributed by atoms with E-state index in [-0.39, 0.29) is 59.3 Å². The van der Waals surface area contributed by atoms with E-state index in [1.807, 2.05) is 0 Å². The van der Waals surface area contributed by atoms with Gasteiger partial charge in [0.05, 0.1) is 0 Å². The summed E-state index contributed by atoms with van der Waals surface area (Å²) in [6.45, 7) is 12.7. The van der Waals surface area contributed by atoms with E-state index in [4.69, 9.17) is 0 Å². The summed E-state index contributed by atoms with van der Waals surface area (Å²) in [5, 5.41) is 9.11. The first kappa shape index (κ1) is 25.0. The van der Waals surface area contributed by atoms with Crippen LogP contribution in [0.4, 0.5) is 0 Å². The van der Waals surface area contributed by atoms with Gasteiger partial charge in [-0.25, -0.2) is 6.17 Å². The van der Waals surface area contributed by atoms with Gasteiger partial charge in [-0.15, -0.1) is 11.6 Å². The van der Waals surface area contributed by atoms with E-state index >= 15 is 0 Å². The number of hydrogen-bond acceptors (Lipinski definition) is 0. The molecule has 1 atom stereocenters. The molecule has 15 heavy (non-hydrogen) atoms. The SMILES string of the molecule is CCC([N-]C(C)C)[N-]C(C)(C)C.[CH3-].[CH3-].[Y]. The Morgan fingerprint density at radius 2 is 1.47 bits per heavy atom. The van der Waals surface area contributed by atoms with Crippen molar-refractivity contribution in [1.29, 1.82) is 0 Å². The molecule has 2 nitrogen and oxygen atoms in total. The molecule has 1 unspecified atom stereocenters. The van der Waals surface area contributed by atoms with E-state index < -0.39 is 0 Å². The van der Waals surface area contributed by atoms with Crippen LogP contribution in [0.5, 0.6) is 0 Å². The molecule has 0 saturated carbocycles. The first-order valence-corrected chi connectivity index (χ1v) is 4.77. The second-order valence-corrected chi connectivity index (χ2v) is 4.43. The van der Waals surface area contributed by atoms with Gasteiger partial charge in [-0.3, -0.25) is 0 Å². The third-order valence-corrected chi connectivity index (χ3v) is 1.37. The average Bonchev–Trinajstić information content (AvgIpc) is 1.82. The van der Waals surface area contributed by atoms with Gasteiger partial charge in [0, 0.05) is 32.7 Å². The summed E-state index contributed by atoms with van der Waals surface area (Å²) in [5.74, 6) is 0. The fourth-order valence-electron chi connectivity index (χ4n) is 1.02. The Hall–Kier alpha value is 1.02. The van der Waals surface area contributed by atoms with Gasteiger partial charge in [-0.05, 0) is 0 Å². The molecule has 0 aromatic heterocycles. The van der Waals surface area contributed by atoms with Crippen LogP contribution in [0.15, 0.2) is 0 Å². The van der Waals surface area contributed by atoms with Gasteiger partial charge < -0.3 is 25.5 Å². The van der Waals surface area contributed by atoms with Gasteiger partial charge in [-0.1, -0.05) is 48.0 Å². The van der Waals surface area contributed by atoms with E-state index in [0.717, 1.165) is 6.42 Å². The molecule has 0 bridgehead atoms. The summed E-state index contributed by atoms with van der Waals surface area (Å²) in [4.78, 5) is 0. The zero-order chi connectivity index (χ0) is 9.78. The van der Waals surface area contributed by atoms with Crippen LogP contribution in [-0.2, 0) is 32.7 Å². The van der Waals surface area contributed by atoms with Crippen molar-refractivity contribution in [3.63, 3.8) is 0 Å². The molecule has 0 saturated heterocycles. The molecular weight excluding hydrogens is 261 g/mol. The minimum absolute atomic E-state index is 0. The molecular formula is C12H28N2Y-4. The van der Waals surface area contributed by atoms with Crippen molar-refractivity contribution in [2.24, 2.45) is 0 Å². The molecule has 0 aliphatic carbocycles. The van der Waals surface area contributed by atoms with Crippen LogP contribution in [0.3, 0.4) is 0 Å². The fraction of sp³-hybridized carbons (Fsp3) is 0.833. The van der Waals surface area contributed by atoms with E-state index in [0.29, 0.717) is 6.04 Å². The molecule has 0 amide bonds. The quantitative estimate of drug-likeness (QED) is 0.678. The summed E-state index contributed by atoms with van der Waals surface area (Å²) in [6, 6.07) is 0.390. The van der Waals surface area contributed by atoms with Gasteiger partial charge in [0.1, 0.15) is 0 Å². The number of rotatable bonds is 4. The van der Waals surface area contributed by atoms with Crippen LogP contribution in [0.1, 0.15) is 48.0 Å². The van der Waals surface area contributed by atoms with Crippen LogP contribution in [-0.4, -0.2) is 17.7 Å². The first-order chi connectivity index (χ1) is 5.35. The van der Waals surface area contributed by atoms with Crippen LogP contribution < -0.4 is 0 Å². The Morgan fingerprint density at radius 1 is 1.07 bits per heavy atom. The van der Waals surface area contributed by atoms with Gasteiger partial charge in [0.25, 0.3) is 0 Å². The molecule has 0 aromatic carbocycles. The second kappa shape index (κ2) is 11.5. The molecule has 3 heteroatoms. The first-order valence-electron chi connectivity index (χ1n) is 4.77. The molecule has 0 aliphatic rings. The largest absolute Gasteiger partial charge is 0.676 e. The zero-order valence-electron chi connectivity index (χ0n) is 11.8. The van der Waals surface area contributed by atoms with Crippen LogP contribution >= 0.6 is 0 Å². The van der Waals surface area contributed by atoms with Crippen LogP contribution in [0, 0.1) is 14.9 Å². The number of hydrogen-bond donors (Lipinski definition) is 0. The number of nitrogens with zero attached hydrogens (tertiary/aromatic N) is 2. The molecule has 93 valence electrons. The van der Waals surface area contributed by atoms with E-state index in [1.165, 1.54) is 0 Å². The summed E-state index contributed by atoms with van der Waals surface area (Å²) in [7, 11) is 0. The molecule has 0 aliphatic heterocycles. The Labute approximate surface area is 123 Å². The fourth-order valence-corrected chi connectivity index (χ4v) is 1.02. The van der Waals surface area contributed by atoms with Crippen LogP contribution in [0.2, 0.25) is 0 Å². The van der Waals surface area contributed by atoms with Crippen molar-refractivity contribution >= 4 is 0 Å². The van der Waals surface area contributed by atoms with E-state index in [2.05, 4.69) is 52.2 Å². The molecule has 1 radical (unpaired) electrons. The van der Waals surface area contributed by atoms with Crippen molar-refractivity contribution in [3.8, 4) is 0 Å². The minimum atomic E-state index is 0. The summed E-state index contributed by atoms with van der Waals surface area (Å²) >= 11 is 0. The van der Waals surface area contributed by atoms with E-state index in [1.54, 1.807) is 0 Å². The molecule has 0 fully saturated rings. The Balaban J connectivity index is -0.000000202. The monoisotopic (exact) mass is 289 g/mol. The summed E-state index contributed by atoms with van der Waals surface area (Å²) in [6.07, 6.45) is 1.19. The maximum atomic E-state index is 4.60. The topological polar surface area (TPSA) is 28.2 Å². The third-order valence-electron chi connectivity index (χ3n) is 1.37. The van der Waals surface area contributed by atoms with Crippen LogP contribution in [0.25, 0.3) is 10.6 Å². The molecule has 0 spiro atoms. The second-order valence-electron chi connectivity index (χ2n) is 4.43. The summed E-state index contributed by atoms with van der Waals surface area (Å²) < 4.78 is 0. The maximum absolute atomic E-state index is 4.60. The third kappa shape index (κ3) is 17.6. The van der Waals surface area contributed by atoms with E-state index in [9.17, 15) is 0 Å². The predicted octanol–water partition coefficient (Wildman–Crippen LogP) is 4.57. The molecule has 0 aromatic rings. The smallest absolute Gasteiger partial charge is 0 e. The van der Waals surface area contributed by atoms with Crippen molar-refractivity contribution in [1.82, 2.24) is 0 Å². The molecule has 0 N–H and O–H groups in total. The normalized spacial score (nSPS) is 12.2. The predicted molar refractivity (Wildman–Crippen MR) is 68.5 cm³/mol. The Kier molecular flexibility index (Phi) is 19.2. The molecule has 0 rings (SSSR count). The van der Waals surface area contributed by atoms with Gasteiger partial charge in [0.15, 0.2) is 0 Å². The van der Waals surface area contributed by atoms with Crippen molar-refractivity contribution in [2.75, 3.05) is 0 Å². The van der Waals surface area contributed by atoms with Crippen molar-refractivity contribution in [3.05, 3.63) is 25.5 Å². The maximum Gasteiger partial charge on any atom is 0 e. The summed E-state index contributed by atoms with van der Waals surface area (Å²) in [5.41, 5.74) is 0.0407. The Bertz CT molecular complexity index is 119. The average molecular weight is 289 g/mol. The zero-order valence-corrected chi connectivity index (χ0v) is 14.7. The van der Waals surface area contributed by atoms with Crippen molar-refractivity contribution < 1.29 is 32.7 Å². The standard InChI is InChI=1S/C10H22N2.2CH3.Y/c1-7-9(11-8(2)3)12-10(4,5)6;;;/h8-9H,7H2,1-6H3;2*1H3;/q-2;2*-1;. The van der Waals surface area contributed by atoms with Gasteiger partial charge in [-0.2, -0.15) is 0 Å². The Morgan fingerprint density at radius 3 is 1.67 bits per heavy atom. The van der Waals surface area contributed by atoms with Gasteiger partial charge >= 0.3 is 0 Å².